The molecule has 0 saturated carbocycles. The Morgan fingerprint density at radius 3 is 2.90 bits per heavy atom. The third-order valence-electron chi connectivity index (χ3n) is 3.79. The Morgan fingerprint density at radius 2 is 2.15 bits per heavy atom. The fourth-order valence-electron chi connectivity index (χ4n) is 2.81. The van der Waals surface area contributed by atoms with E-state index in [0.717, 1.165) is 24.1 Å². The number of carbonyl (C=O) groups is 1. The molecule has 20 heavy (non-hydrogen) atoms. The van der Waals surface area contributed by atoms with E-state index in [1.54, 1.807) is 6.20 Å². The number of aromatic nitrogens is 2. The van der Waals surface area contributed by atoms with Crippen LogP contribution in [0.15, 0.2) is 42.7 Å². The standard InChI is InChI=1S/C15H17N3O2/c19-15(20)14-13-5-2-1-4-12(13)6-9-17(14)10-11-18-8-3-7-16-18/h1-5,7-8,14H,6,9-11H2,(H,19,20). The minimum atomic E-state index is -0.780. The molecule has 0 radical (unpaired) electrons. The van der Waals surface area contributed by atoms with E-state index < -0.39 is 12.0 Å². The lowest BCUT2D eigenvalue weighted by Crippen LogP contribution is -2.41. The van der Waals surface area contributed by atoms with Crippen molar-refractivity contribution in [3.63, 3.8) is 0 Å². The molecule has 2 aromatic rings. The smallest absolute Gasteiger partial charge is 0.325 e. The first-order valence-electron chi connectivity index (χ1n) is 6.78. The molecule has 0 aliphatic carbocycles. The highest BCUT2D eigenvalue weighted by Crippen LogP contribution is 2.29. The molecular formula is C15H17N3O2. The van der Waals surface area contributed by atoms with Gasteiger partial charge in [-0.15, -0.1) is 0 Å². The Hall–Kier alpha value is -2.14. The van der Waals surface area contributed by atoms with Gasteiger partial charge in [0.15, 0.2) is 0 Å². The van der Waals surface area contributed by atoms with Crippen molar-refractivity contribution in [2.75, 3.05) is 13.1 Å². The lowest BCUT2D eigenvalue weighted by Gasteiger charge is -2.34. The van der Waals surface area contributed by atoms with Crippen molar-refractivity contribution in [3.8, 4) is 0 Å². The summed E-state index contributed by atoms with van der Waals surface area (Å²) in [6.07, 6.45) is 4.53. The van der Waals surface area contributed by atoms with Crippen molar-refractivity contribution in [2.45, 2.75) is 19.0 Å². The van der Waals surface area contributed by atoms with Crippen molar-refractivity contribution in [2.24, 2.45) is 0 Å². The lowest BCUT2D eigenvalue weighted by atomic mass is 9.92. The predicted octanol–water partition coefficient (Wildman–Crippen LogP) is 1.57. The van der Waals surface area contributed by atoms with Crippen molar-refractivity contribution >= 4 is 5.97 Å². The Balaban J connectivity index is 1.79. The summed E-state index contributed by atoms with van der Waals surface area (Å²) in [5, 5.41) is 13.7. The highest BCUT2D eigenvalue weighted by molar-refractivity contribution is 5.76. The molecule has 1 unspecified atom stereocenters. The number of hydrogen-bond acceptors (Lipinski definition) is 3. The Bertz CT molecular complexity index is 595. The normalized spacial score (nSPS) is 18.7. The zero-order valence-corrected chi connectivity index (χ0v) is 11.1. The van der Waals surface area contributed by atoms with E-state index >= 15 is 0 Å². The quantitative estimate of drug-likeness (QED) is 0.917. The highest BCUT2D eigenvalue weighted by atomic mass is 16.4. The molecule has 1 aliphatic rings. The third kappa shape index (κ3) is 2.44. The second-order valence-electron chi connectivity index (χ2n) is 4.99. The molecular weight excluding hydrogens is 254 g/mol. The number of benzene rings is 1. The van der Waals surface area contributed by atoms with E-state index in [4.69, 9.17) is 0 Å². The first-order chi connectivity index (χ1) is 9.75. The summed E-state index contributed by atoms with van der Waals surface area (Å²) >= 11 is 0. The van der Waals surface area contributed by atoms with E-state index in [-0.39, 0.29) is 0 Å². The van der Waals surface area contributed by atoms with Crippen LogP contribution in [0.5, 0.6) is 0 Å². The van der Waals surface area contributed by atoms with E-state index in [9.17, 15) is 9.90 Å². The molecule has 0 spiro atoms. The molecule has 0 saturated heterocycles. The monoisotopic (exact) mass is 271 g/mol. The summed E-state index contributed by atoms with van der Waals surface area (Å²) in [7, 11) is 0. The van der Waals surface area contributed by atoms with Crippen molar-refractivity contribution in [3.05, 3.63) is 53.9 Å². The van der Waals surface area contributed by atoms with Gasteiger partial charge < -0.3 is 5.11 Å². The largest absolute Gasteiger partial charge is 0.480 e. The van der Waals surface area contributed by atoms with E-state index in [0.29, 0.717) is 13.1 Å². The van der Waals surface area contributed by atoms with Gasteiger partial charge in [-0.25, -0.2) is 0 Å². The summed E-state index contributed by atoms with van der Waals surface area (Å²) in [5.41, 5.74) is 2.07. The first-order valence-corrected chi connectivity index (χ1v) is 6.78. The Kier molecular flexibility index (Phi) is 3.52. The van der Waals surface area contributed by atoms with Crippen LogP contribution in [-0.4, -0.2) is 38.8 Å². The molecule has 1 aliphatic heterocycles. The molecule has 2 heterocycles. The van der Waals surface area contributed by atoms with Crippen LogP contribution in [0, 0.1) is 0 Å². The van der Waals surface area contributed by atoms with Crippen molar-refractivity contribution in [1.29, 1.82) is 0 Å². The Morgan fingerprint density at radius 1 is 1.30 bits per heavy atom. The van der Waals surface area contributed by atoms with Gasteiger partial charge in [0.2, 0.25) is 0 Å². The van der Waals surface area contributed by atoms with Crippen LogP contribution in [0.4, 0.5) is 0 Å². The second kappa shape index (κ2) is 5.46. The molecule has 104 valence electrons. The first kappa shape index (κ1) is 12.9. The van der Waals surface area contributed by atoms with Crippen LogP contribution in [0.3, 0.4) is 0 Å². The molecule has 0 fully saturated rings. The molecule has 5 nitrogen and oxygen atoms in total. The zero-order valence-electron chi connectivity index (χ0n) is 11.1. The summed E-state index contributed by atoms with van der Waals surface area (Å²) in [6.45, 7) is 2.17. The van der Waals surface area contributed by atoms with Crippen LogP contribution in [0.1, 0.15) is 17.2 Å². The van der Waals surface area contributed by atoms with E-state index in [1.165, 1.54) is 0 Å². The molecule has 1 aromatic heterocycles. The van der Waals surface area contributed by atoms with Crippen LogP contribution in [0.25, 0.3) is 0 Å². The van der Waals surface area contributed by atoms with Crippen LogP contribution >= 0.6 is 0 Å². The summed E-state index contributed by atoms with van der Waals surface area (Å²) in [5.74, 6) is -0.780. The number of nitrogens with zero attached hydrogens (tertiary/aromatic N) is 3. The number of aliphatic carboxylic acids is 1. The molecule has 1 N–H and O–H groups in total. The van der Waals surface area contributed by atoms with Crippen LogP contribution in [-0.2, 0) is 17.8 Å². The molecule has 0 bridgehead atoms. The molecule has 1 atom stereocenters. The maximum Gasteiger partial charge on any atom is 0.325 e. The van der Waals surface area contributed by atoms with Crippen LogP contribution in [0.2, 0.25) is 0 Å². The third-order valence-corrected chi connectivity index (χ3v) is 3.79. The van der Waals surface area contributed by atoms with Gasteiger partial charge in [-0.1, -0.05) is 24.3 Å². The van der Waals surface area contributed by atoms with Crippen LogP contribution < -0.4 is 0 Å². The van der Waals surface area contributed by atoms with Crippen molar-refractivity contribution < 1.29 is 9.90 Å². The molecule has 5 heteroatoms. The van der Waals surface area contributed by atoms with E-state index in [1.807, 2.05) is 46.1 Å². The number of fused-ring (bicyclic) bond motifs is 1. The maximum absolute atomic E-state index is 11.6. The number of carboxylic acids is 1. The predicted molar refractivity (Wildman–Crippen MR) is 74.3 cm³/mol. The zero-order chi connectivity index (χ0) is 13.9. The fraction of sp³-hybridized carbons (Fsp3) is 0.333. The topological polar surface area (TPSA) is 58.4 Å². The van der Waals surface area contributed by atoms with Gasteiger partial charge in [0.05, 0.1) is 6.54 Å². The van der Waals surface area contributed by atoms with Gasteiger partial charge >= 0.3 is 5.97 Å². The fourth-order valence-corrected chi connectivity index (χ4v) is 2.81. The maximum atomic E-state index is 11.6. The number of hydrogen-bond donors (Lipinski definition) is 1. The van der Waals surface area contributed by atoms with Gasteiger partial charge in [-0.2, -0.15) is 5.10 Å². The van der Waals surface area contributed by atoms with Gasteiger partial charge in [0.25, 0.3) is 0 Å². The summed E-state index contributed by atoms with van der Waals surface area (Å²) < 4.78 is 1.83. The van der Waals surface area contributed by atoms with Gasteiger partial charge in [-0.3, -0.25) is 14.4 Å². The lowest BCUT2D eigenvalue weighted by molar-refractivity contribution is -0.144. The summed E-state index contributed by atoms with van der Waals surface area (Å²) in [6, 6.07) is 9.16. The molecule has 0 amide bonds. The number of carboxylic acid groups (broad SMARTS) is 1. The Labute approximate surface area is 117 Å². The second-order valence-corrected chi connectivity index (χ2v) is 4.99. The minimum Gasteiger partial charge on any atom is -0.480 e. The average Bonchev–Trinajstić information content (AvgIpc) is 2.97. The summed E-state index contributed by atoms with van der Waals surface area (Å²) in [4.78, 5) is 13.6. The average molecular weight is 271 g/mol. The molecule has 1 aromatic carbocycles. The SMILES string of the molecule is O=C(O)C1c2ccccc2CCN1CCn1cccn1. The molecule has 3 rings (SSSR count). The van der Waals surface area contributed by atoms with Gasteiger partial charge in [-0.05, 0) is 23.6 Å². The number of rotatable bonds is 4. The van der Waals surface area contributed by atoms with E-state index in [2.05, 4.69) is 5.10 Å². The minimum absolute atomic E-state index is 0.546. The van der Waals surface area contributed by atoms with Gasteiger partial charge in [0.1, 0.15) is 6.04 Å². The highest BCUT2D eigenvalue weighted by Gasteiger charge is 2.32. The van der Waals surface area contributed by atoms with Gasteiger partial charge in [0, 0.05) is 25.5 Å². The van der Waals surface area contributed by atoms with Crippen molar-refractivity contribution in [1.82, 2.24) is 14.7 Å².